The minimum atomic E-state index is -0.878. The van der Waals surface area contributed by atoms with Crippen LogP contribution in [-0.4, -0.2) is 34.8 Å². The number of hydrogen-bond acceptors (Lipinski definition) is 3. The van der Waals surface area contributed by atoms with Crippen LogP contribution in [0.25, 0.3) is 0 Å². The first kappa shape index (κ1) is 19.2. The summed E-state index contributed by atoms with van der Waals surface area (Å²) in [5.74, 6) is -0.734. The lowest BCUT2D eigenvalue weighted by Crippen LogP contribution is -2.47. The number of halogens is 1. The van der Waals surface area contributed by atoms with E-state index in [4.69, 9.17) is 11.6 Å². The average molecular weight is 366 g/mol. The number of nitrogens with zero attached hydrogens (tertiary/aromatic N) is 1. The molecule has 0 spiro atoms. The van der Waals surface area contributed by atoms with Gasteiger partial charge in [0.15, 0.2) is 0 Å². The summed E-state index contributed by atoms with van der Waals surface area (Å²) in [5.41, 5.74) is 0.538. The van der Waals surface area contributed by atoms with Gasteiger partial charge in [-0.2, -0.15) is 0 Å². The van der Waals surface area contributed by atoms with Crippen molar-refractivity contribution in [2.45, 2.75) is 52.0 Å². The fourth-order valence-electron chi connectivity index (χ4n) is 3.24. The zero-order valence-corrected chi connectivity index (χ0v) is 15.6. The summed E-state index contributed by atoms with van der Waals surface area (Å²) in [7, 11) is 0. The van der Waals surface area contributed by atoms with Gasteiger partial charge in [-0.3, -0.25) is 14.5 Å². The highest BCUT2D eigenvalue weighted by Gasteiger charge is 2.50. The van der Waals surface area contributed by atoms with Crippen LogP contribution in [0.2, 0.25) is 5.02 Å². The first-order valence-corrected chi connectivity index (χ1v) is 8.91. The van der Waals surface area contributed by atoms with Gasteiger partial charge in [-0.1, -0.05) is 38.3 Å². The third-order valence-electron chi connectivity index (χ3n) is 4.36. The van der Waals surface area contributed by atoms with Gasteiger partial charge < -0.3 is 10.6 Å². The maximum Gasteiger partial charge on any atom is 0.325 e. The maximum atomic E-state index is 12.8. The van der Waals surface area contributed by atoms with Gasteiger partial charge in [-0.25, -0.2) is 4.79 Å². The van der Waals surface area contributed by atoms with Crippen LogP contribution < -0.4 is 10.6 Å². The minimum Gasteiger partial charge on any atom is -0.324 e. The number of hydrogen-bond donors (Lipinski definition) is 2. The van der Waals surface area contributed by atoms with Gasteiger partial charge in [0, 0.05) is 10.7 Å². The Labute approximate surface area is 152 Å². The number of benzene rings is 1. The van der Waals surface area contributed by atoms with Crippen LogP contribution >= 0.6 is 11.6 Å². The number of aryl methyl sites for hydroxylation is 1. The Kier molecular flexibility index (Phi) is 6.06. The van der Waals surface area contributed by atoms with Crippen LogP contribution in [0, 0.1) is 6.92 Å². The second kappa shape index (κ2) is 7.87. The van der Waals surface area contributed by atoms with Crippen molar-refractivity contribution in [3.05, 3.63) is 28.8 Å². The lowest BCUT2D eigenvalue weighted by atomic mass is 9.88. The van der Waals surface area contributed by atoms with Crippen LogP contribution in [-0.2, 0) is 9.59 Å². The van der Waals surface area contributed by atoms with Gasteiger partial charge in [0.05, 0.1) is 0 Å². The molecule has 1 saturated heterocycles. The van der Waals surface area contributed by atoms with Gasteiger partial charge in [-0.05, 0) is 43.5 Å². The Balaban J connectivity index is 2.09. The van der Waals surface area contributed by atoms with E-state index in [1.165, 1.54) is 0 Å². The van der Waals surface area contributed by atoms with E-state index in [9.17, 15) is 14.4 Å². The molecule has 25 heavy (non-hydrogen) atoms. The average Bonchev–Trinajstić information content (AvgIpc) is 2.75. The molecule has 1 aliphatic heterocycles. The van der Waals surface area contributed by atoms with Gasteiger partial charge in [0.2, 0.25) is 5.91 Å². The fourth-order valence-corrected chi connectivity index (χ4v) is 3.46. The molecule has 0 saturated carbocycles. The molecule has 4 amide bonds. The molecule has 1 aliphatic rings. The monoisotopic (exact) mass is 365 g/mol. The molecule has 0 aliphatic carbocycles. The van der Waals surface area contributed by atoms with Gasteiger partial charge >= 0.3 is 6.03 Å². The van der Waals surface area contributed by atoms with Gasteiger partial charge in [0.1, 0.15) is 12.1 Å². The Morgan fingerprint density at radius 3 is 2.44 bits per heavy atom. The number of rotatable bonds is 7. The van der Waals surface area contributed by atoms with E-state index >= 15 is 0 Å². The Bertz CT molecular complexity index is 684. The second-order valence-electron chi connectivity index (χ2n) is 6.41. The van der Waals surface area contributed by atoms with Crippen molar-refractivity contribution in [1.29, 1.82) is 0 Å². The zero-order chi connectivity index (χ0) is 18.6. The van der Waals surface area contributed by atoms with Crippen molar-refractivity contribution < 1.29 is 14.4 Å². The van der Waals surface area contributed by atoms with Crippen molar-refractivity contribution in [2.24, 2.45) is 0 Å². The Morgan fingerprint density at radius 2 is 1.88 bits per heavy atom. The summed E-state index contributed by atoms with van der Waals surface area (Å²) in [6.45, 7) is 5.45. The van der Waals surface area contributed by atoms with Crippen LogP contribution in [0.1, 0.15) is 45.1 Å². The number of nitrogens with one attached hydrogen (secondary N) is 2. The first-order chi connectivity index (χ1) is 11.8. The number of amides is 4. The Hall–Kier alpha value is -2.08. The van der Waals surface area contributed by atoms with Gasteiger partial charge in [-0.15, -0.1) is 0 Å². The lowest BCUT2D eigenvalue weighted by molar-refractivity contribution is -0.134. The standard InChI is InChI=1S/C18H24ClN3O3/c1-4-8-18(9-5-2)16(24)22(17(25)21-18)11-15(23)20-14-7-6-13(19)10-12(14)3/h6-7,10H,4-5,8-9,11H2,1-3H3,(H,20,23)(H,21,25). The molecule has 1 heterocycles. The summed E-state index contributed by atoms with van der Waals surface area (Å²) in [4.78, 5) is 38.3. The number of imide groups is 1. The van der Waals surface area contributed by atoms with E-state index in [2.05, 4.69) is 10.6 Å². The summed E-state index contributed by atoms with van der Waals surface area (Å²) >= 11 is 5.90. The second-order valence-corrected chi connectivity index (χ2v) is 6.85. The molecular formula is C18H24ClN3O3. The normalized spacial score (nSPS) is 16.1. The SMILES string of the molecule is CCCC1(CCC)NC(=O)N(CC(=O)Nc2ccc(Cl)cc2C)C1=O. The predicted molar refractivity (Wildman–Crippen MR) is 97.6 cm³/mol. The summed E-state index contributed by atoms with van der Waals surface area (Å²) in [5, 5.41) is 6.10. The summed E-state index contributed by atoms with van der Waals surface area (Å²) in [6, 6.07) is 4.60. The number of carbonyl (C=O) groups excluding carboxylic acids is 3. The van der Waals surface area contributed by atoms with Crippen molar-refractivity contribution in [3.8, 4) is 0 Å². The molecule has 6 nitrogen and oxygen atoms in total. The molecule has 7 heteroatoms. The minimum absolute atomic E-state index is 0.304. The molecule has 0 radical (unpaired) electrons. The molecule has 2 N–H and O–H groups in total. The van der Waals surface area contributed by atoms with Gasteiger partial charge in [0.25, 0.3) is 5.91 Å². The van der Waals surface area contributed by atoms with Crippen LogP contribution in [0.15, 0.2) is 18.2 Å². The largest absolute Gasteiger partial charge is 0.325 e. The van der Waals surface area contributed by atoms with Crippen LogP contribution in [0.3, 0.4) is 0 Å². The smallest absolute Gasteiger partial charge is 0.324 e. The molecule has 1 fully saturated rings. The molecule has 1 aromatic rings. The quantitative estimate of drug-likeness (QED) is 0.726. The maximum absolute atomic E-state index is 12.8. The van der Waals surface area contributed by atoms with Crippen molar-refractivity contribution in [3.63, 3.8) is 0 Å². The summed E-state index contributed by atoms with van der Waals surface area (Å²) < 4.78 is 0. The van der Waals surface area contributed by atoms with E-state index in [-0.39, 0.29) is 12.5 Å². The fraction of sp³-hybridized carbons (Fsp3) is 0.500. The van der Waals surface area contributed by atoms with E-state index in [1.54, 1.807) is 18.2 Å². The molecular weight excluding hydrogens is 342 g/mol. The third-order valence-corrected chi connectivity index (χ3v) is 4.60. The van der Waals surface area contributed by atoms with E-state index in [0.29, 0.717) is 23.6 Å². The van der Waals surface area contributed by atoms with Crippen molar-refractivity contribution >= 4 is 35.1 Å². The summed E-state index contributed by atoms with van der Waals surface area (Å²) in [6.07, 6.45) is 2.69. The third kappa shape index (κ3) is 4.12. The van der Waals surface area contributed by atoms with Crippen molar-refractivity contribution in [1.82, 2.24) is 10.2 Å². The molecule has 0 atom stereocenters. The molecule has 0 aromatic heterocycles. The number of urea groups is 1. The Morgan fingerprint density at radius 1 is 1.24 bits per heavy atom. The number of carbonyl (C=O) groups is 3. The van der Waals surface area contributed by atoms with E-state index < -0.39 is 17.5 Å². The van der Waals surface area contributed by atoms with E-state index in [0.717, 1.165) is 23.3 Å². The highest BCUT2D eigenvalue weighted by molar-refractivity contribution is 6.30. The molecule has 0 bridgehead atoms. The first-order valence-electron chi connectivity index (χ1n) is 8.53. The van der Waals surface area contributed by atoms with E-state index in [1.807, 2.05) is 20.8 Å². The topological polar surface area (TPSA) is 78.5 Å². The lowest BCUT2D eigenvalue weighted by Gasteiger charge is -2.25. The van der Waals surface area contributed by atoms with Crippen molar-refractivity contribution in [2.75, 3.05) is 11.9 Å². The predicted octanol–water partition coefficient (Wildman–Crippen LogP) is 3.48. The molecule has 136 valence electrons. The number of anilines is 1. The van der Waals surface area contributed by atoms with Crippen LogP contribution in [0.4, 0.5) is 10.5 Å². The highest BCUT2D eigenvalue weighted by atomic mass is 35.5. The zero-order valence-electron chi connectivity index (χ0n) is 14.8. The molecule has 1 aromatic carbocycles. The molecule has 2 rings (SSSR count). The molecule has 0 unspecified atom stereocenters. The highest BCUT2D eigenvalue weighted by Crippen LogP contribution is 2.28. The van der Waals surface area contributed by atoms with Crippen LogP contribution in [0.5, 0.6) is 0 Å².